The van der Waals surface area contributed by atoms with Gasteiger partial charge in [0.2, 0.25) is 10.0 Å². The van der Waals surface area contributed by atoms with E-state index in [0.717, 1.165) is 4.31 Å². The van der Waals surface area contributed by atoms with Gasteiger partial charge in [-0.2, -0.15) is 0 Å². The van der Waals surface area contributed by atoms with Crippen molar-refractivity contribution in [2.45, 2.75) is 17.9 Å². The van der Waals surface area contributed by atoms with Crippen molar-refractivity contribution in [3.05, 3.63) is 51.5 Å². The summed E-state index contributed by atoms with van der Waals surface area (Å²) in [6.07, 6.45) is -0.912. The van der Waals surface area contributed by atoms with Crippen LogP contribution in [0.5, 0.6) is 5.75 Å². The summed E-state index contributed by atoms with van der Waals surface area (Å²) in [5, 5.41) is 3.37. The number of nitrogens with one attached hydrogen (secondary N) is 1. The smallest absolute Gasteiger partial charge is 0.265 e. The number of ether oxygens (including phenoxy) is 1. The number of hydrogen-bond donors (Lipinski definition) is 1. The molecular weight excluding hydrogens is 435 g/mol. The third kappa shape index (κ3) is 5.27. The minimum Gasteiger partial charge on any atom is -0.479 e. The molecular formula is C17H17Cl3N2O4S. The predicted molar refractivity (Wildman–Crippen MR) is 108 cm³/mol. The Kier molecular flexibility index (Phi) is 6.99. The van der Waals surface area contributed by atoms with E-state index in [2.05, 4.69) is 5.32 Å². The molecule has 0 saturated carbocycles. The Morgan fingerprint density at radius 1 is 1.07 bits per heavy atom. The van der Waals surface area contributed by atoms with Crippen molar-refractivity contribution in [2.24, 2.45) is 0 Å². The molecule has 0 aliphatic carbocycles. The van der Waals surface area contributed by atoms with Crippen LogP contribution in [-0.2, 0) is 14.8 Å². The summed E-state index contributed by atoms with van der Waals surface area (Å²) in [5.74, 6) is -0.236. The van der Waals surface area contributed by atoms with Crippen molar-refractivity contribution in [1.82, 2.24) is 4.31 Å². The van der Waals surface area contributed by atoms with Crippen LogP contribution in [0.2, 0.25) is 15.1 Å². The molecule has 0 spiro atoms. The van der Waals surface area contributed by atoms with Crippen LogP contribution in [0.15, 0.2) is 41.3 Å². The fraction of sp³-hybridized carbons (Fsp3) is 0.235. The van der Waals surface area contributed by atoms with E-state index in [1.165, 1.54) is 45.3 Å². The highest BCUT2D eigenvalue weighted by molar-refractivity contribution is 7.89. The van der Waals surface area contributed by atoms with Crippen molar-refractivity contribution in [3.63, 3.8) is 0 Å². The molecule has 0 radical (unpaired) electrons. The van der Waals surface area contributed by atoms with Gasteiger partial charge in [-0.1, -0.05) is 34.8 Å². The first kappa shape index (κ1) is 21.8. The van der Waals surface area contributed by atoms with Crippen molar-refractivity contribution in [3.8, 4) is 5.75 Å². The van der Waals surface area contributed by atoms with E-state index >= 15 is 0 Å². The quantitative estimate of drug-likeness (QED) is 0.710. The molecule has 0 heterocycles. The van der Waals surface area contributed by atoms with Crippen LogP contribution in [0, 0.1) is 0 Å². The molecule has 146 valence electrons. The molecule has 0 aliphatic rings. The number of benzene rings is 2. The number of nitrogens with zero attached hydrogens (tertiary/aromatic N) is 1. The summed E-state index contributed by atoms with van der Waals surface area (Å²) >= 11 is 17.9. The maximum atomic E-state index is 12.4. The average Bonchev–Trinajstić information content (AvgIpc) is 2.59. The van der Waals surface area contributed by atoms with E-state index in [4.69, 9.17) is 39.5 Å². The monoisotopic (exact) mass is 450 g/mol. The minimum atomic E-state index is -3.76. The highest BCUT2D eigenvalue weighted by Gasteiger charge is 2.22. The Morgan fingerprint density at radius 3 is 2.33 bits per heavy atom. The van der Waals surface area contributed by atoms with Gasteiger partial charge in [-0.15, -0.1) is 0 Å². The van der Waals surface area contributed by atoms with E-state index in [-0.39, 0.29) is 21.4 Å². The lowest BCUT2D eigenvalue weighted by atomic mass is 10.3. The van der Waals surface area contributed by atoms with Crippen molar-refractivity contribution in [1.29, 1.82) is 0 Å². The molecule has 0 aromatic heterocycles. The van der Waals surface area contributed by atoms with Crippen LogP contribution in [-0.4, -0.2) is 38.8 Å². The highest BCUT2D eigenvalue weighted by Crippen LogP contribution is 2.29. The molecule has 1 amide bonds. The van der Waals surface area contributed by atoms with Crippen molar-refractivity contribution in [2.75, 3.05) is 19.4 Å². The zero-order valence-electron chi connectivity index (χ0n) is 14.7. The molecule has 1 N–H and O–H groups in total. The molecule has 0 saturated heterocycles. The maximum Gasteiger partial charge on any atom is 0.265 e. The molecule has 2 aromatic carbocycles. The van der Waals surface area contributed by atoms with Gasteiger partial charge in [-0.25, -0.2) is 12.7 Å². The topological polar surface area (TPSA) is 75.7 Å². The number of carbonyl (C=O) groups is 1. The molecule has 6 nitrogen and oxygen atoms in total. The third-order valence-corrected chi connectivity index (χ3v) is 6.37. The fourth-order valence-electron chi connectivity index (χ4n) is 2.03. The zero-order chi connectivity index (χ0) is 20.4. The zero-order valence-corrected chi connectivity index (χ0v) is 17.7. The number of rotatable bonds is 6. The Balaban J connectivity index is 2.19. The van der Waals surface area contributed by atoms with Gasteiger partial charge >= 0.3 is 0 Å². The Morgan fingerprint density at radius 2 is 1.70 bits per heavy atom. The molecule has 1 atom stereocenters. The van der Waals surface area contributed by atoms with Gasteiger partial charge in [0.05, 0.1) is 10.0 Å². The number of halogens is 3. The van der Waals surface area contributed by atoms with E-state index < -0.39 is 22.0 Å². The largest absolute Gasteiger partial charge is 0.479 e. The van der Waals surface area contributed by atoms with Gasteiger partial charge in [0, 0.05) is 30.9 Å². The Bertz CT molecular complexity index is 965. The molecule has 0 fully saturated rings. The molecule has 0 unspecified atom stereocenters. The first-order chi connectivity index (χ1) is 12.5. The average molecular weight is 452 g/mol. The van der Waals surface area contributed by atoms with Crippen LogP contribution < -0.4 is 10.1 Å². The van der Waals surface area contributed by atoms with Crippen LogP contribution in [0.3, 0.4) is 0 Å². The summed E-state index contributed by atoms with van der Waals surface area (Å²) in [7, 11) is -0.977. The number of anilines is 1. The summed E-state index contributed by atoms with van der Waals surface area (Å²) in [6.45, 7) is 1.53. The lowest BCUT2D eigenvalue weighted by molar-refractivity contribution is -0.122. The normalized spacial score (nSPS) is 12.7. The van der Waals surface area contributed by atoms with Crippen molar-refractivity contribution >= 4 is 56.4 Å². The van der Waals surface area contributed by atoms with Gasteiger partial charge in [0.15, 0.2) is 6.10 Å². The van der Waals surface area contributed by atoms with Crippen LogP contribution >= 0.6 is 34.8 Å². The highest BCUT2D eigenvalue weighted by atomic mass is 35.5. The third-order valence-electron chi connectivity index (χ3n) is 3.52. The van der Waals surface area contributed by atoms with Crippen molar-refractivity contribution < 1.29 is 17.9 Å². The predicted octanol–water partition coefficient (Wildman–Crippen LogP) is 4.30. The molecule has 2 rings (SSSR count). The molecule has 2 aromatic rings. The second kappa shape index (κ2) is 8.67. The number of amides is 1. The first-order valence-corrected chi connectivity index (χ1v) is 10.2. The summed E-state index contributed by atoms with van der Waals surface area (Å²) in [6, 6.07) is 8.83. The maximum absolute atomic E-state index is 12.4. The second-order valence-corrected chi connectivity index (χ2v) is 9.13. The first-order valence-electron chi connectivity index (χ1n) is 7.67. The molecule has 0 bridgehead atoms. The van der Waals surface area contributed by atoms with Crippen LogP contribution in [0.25, 0.3) is 0 Å². The molecule has 10 heteroatoms. The van der Waals surface area contributed by atoms with Gasteiger partial charge in [0.25, 0.3) is 5.91 Å². The Labute approximate surface area is 173 Å². The van der Waals surface area contributed by atoms with E-state index in [1.54, 1.807) is 12.1 Å². The van der Waals surface area contributed by atoms with E-state index in [1.807, 2.05) is 0 Å². The Hall–Kier alpha value is -1.51. The lowest BCUT2D eigenvalue weighted by Crippen LogP contribution is -2.30. The van der Waals surface area contributed by atoms with Gasteiger partial charge < -0.3 is 10.1 Å². The fourth-order valence-corrected chi connectivity index (χ4v) is 3.75. The summed E-state index contributed by atoms with van der Waals surface area (Å²) < 4.78 is 31.2. The summed E-state index contributed by atoms with van der Waals surface area (Å²) in [4.78, 5) is 12.3. The summed E-state index contributed by atoms with van der Waals surface area (Å²) in [5.41, 5.74) is 0.262. The number of hydrogen-bond acceptors (Lipinski definition) is 4. The van der Waals surface area contributed by atoms with E-state index in [9.17, 15) is 13.2 Å². The van der Waals surface area contributed by atoms with Gasteiger partial charge in [-0.05, 0) is 37.3 Å². The van der Waals surface area contributed by atoms with Gasteiger partial charge in [-0.3, -0.25) is 4.79 Å². The molecule has 27 heavy (non-hydrogen) atoms. The van der Waals surface area contributed by atoms with Crippen LogP contribution in [0.4, 0.5) is 5.69 Å². The lowest BCUT2D eigenvalue weighted by Gasteiger charge is -2.17. The minimum absolute atomic E-state index is 0.0525. The second-order valence-electron chi connectivity index (χ2n) is 5.76. The molecule has 0 aliphatic heterocycles. The number of sulfonamides is 1. The number of carbonyl (C=O) groups excluding carboxylic acids is 1. The van der Waals surface area contributed by atoms with Crippen LogP contribution in [0.1, 0.15) is 6.92 Å². The SMILES string of the molecule is C[C@@H](Oc1cc(Cl)ccc1Cl)C(=O)Nc1ccc(Cl)c(S(=O)(=O)N(C)C)c1. The standard InChI is InChI=1S/C17H17Cl3N2O4S/c1-10(26-15-8-11(18)4-6-13(15)19)17(23)21-12-5-7-14(20)16(9-12)27(24,25)22(2)3/h4-10H,1-3H3,(H,21,23)/t10-/m1/s1. The van der Waals surface area contributed by atoms with Gasteiger partial charge in [0.1, 0.15) is 10.6 Å². The van der Waals surface area contributed by atoms with E-state index in [0.29, 0.717) is 10.0 Å².